The molecule has 1 aromatic heterocycles. The molecule has 23 heavy (non-hydrogen) atoms. The van der Waals surface area contributed by atoms with Crippen molar-refractivity contribution >= 4 is 17.4 Å². The van der Waals surface area contributed by atoms with Crippen molar-refractivity contribution < 1.29 is 9.18 Å². The quantitative estimate of drug-likeness (QED) is 0.936. The first-order chi connectivity index (χ1) is 11.2. The summed E-state index contributed by atoms with van der Waals surface area (Å²) in [6, 6.07) is 9.63. The van der Waals surface area contributed by atoms with Crippen LogP contribution < -0.4 is 10.2 Å². The lowest BCUT2D eigenvalue weighted by Gasteiger charge is -2.22. The number of amides is 1. The van der Waals surface area contributed by atoms with E-state index < -0.39 is 11.7 Å². The van der Waals surface area contributed by atoms with Crippen molar-refractivity contribution in [2.24, 2.45) is 0 Å². The Morgan fingerprint density at radius 3 is 2.43 bits per heavy atom. The Bertz CT molecular complexity index is 664. The molecule has 0 aliphatic carbocycles. The molecule has 2 heterocycles. The summed E-state index contributed by atoms with van der Waals surface area (Å²) < 4.78 is 13.6. The average Bonchev–Trinajstić information content (AvgIpc) is 2.85. The van der Waals surface area contributed by atoms with E-state index in [2.05, 4.69) is 15.2 Å². The maximum atomic E-state index is 13.6. The van der Waals surface area contributed by atoms with E-state index in [0.29, 0.717) is 5.82 Å². The normalized spacial score (nSPS) is 15.1. The van der Waals surface area contributed by atoms with Crippen LogP contribution >= 0.6 is 0 Å². The van der Waals surface area contributed by atoms with Gasteiger partial charge in [0.2, 0.25) is 0 Å². The van der Waals surface area contributed by atoms with Crippen molar-refractivity contribution in [1.82, 2.24) is 4.98 Å². The summed E-state index contributed by atoms with van der Waals surface area (Å²) in [6.07, 6.45) is 6.72. The molecular formula is C18H20FN3O. The van der Waals surface area contributed by atoms with Crippen molar-refractivity contribution in [3.8, 4) is 0 Å². The van der Waals surface area contributed by atoms with Gasteiger partial charge in [-0.15, -0.1) is 0 Å². The van der Waals surface area contributed by atoms with Gasteiger partial charge in [-0.05, 0) is 37.1 Å². The van der Waals surface area contributed by atoms with Crippen molar-refractivity contribution in [3.63, 3.8) is 0 Å². The Hall–Kier alpha value is -2.43. The standard InChI is InChI=1S/C18H20FN3O/c19-16-8-4-3-7-15(16)18(23)21-17-10-9-14(13-20-17)22-11-5-1-2-6-12-22/h3-4,7-10,13H,1-2,5-6,11-12H2,(H,20,21,23). The number of anilines is 2. The number of hydrogen-bond donors (Lipinski definition) is 1. The SMILES string of the molecule is O=C(Nc1ccc(N2CCCCCC2)cn1)c1ccccc1F. The van der Waals surface area contributed by atoms with Gasteiger partial charge in [0.1, 0.15) is 11.6 Å². The minimum Gasteiger partial charge on any atom is -0.370 e. The zero-order valence-electron chi connectivity index (χ0n) is 13.0. The summed E-state index contributed by atoms with van der Waals surface area (Å²) in [4.78, 5) is 18.7. The van der Waals surface area contributed by atoms with Crippen LogP contribution in [0, 0.1) is 5.82 Å². The van der Waals surface area contributed by atoms with Crippen LogP contribution in [-0.2, 0) is 0 Å². The van der Waals surface area contributed by atoms with Gasteiger partial charge in [0.05, 0.1) is 17.4 Å². The largest absolute Gasteiger partial charge is 0.370 e. The van der Waals surface area contributed by atoms with Crippen LogP contribution in [0.1, 0.15) is 36.0 Å². The minimum atomic E-state index is -0.536. The van der Waals surface area contributed by atoms with Gasteiger partial charge in [0, 0.05) is 13.1 Å². The van der Waals surface area contributed by atoms with Gasteiger partial charge in [0.25, 0.3) is 5.91 Å². The Morgan fingerprint density at radius 1 is 1.04 bits per heavy atom. The molecule has 0 spiro atoms. The number of nitrogens with one attached hydrogen (secondary N) is 1. The monoisotopic (exact) mass is 313 g/mol. The van der Waals surface area contributed by atoms with Crippen LogP contribution in [0.15, 0.2) is 42.6 Å². The summed E-state index contributed by atoms with van der Waals surface area (Å²) in [6.45, 7) is 2.09. The molecule has 1 saturated heterocycles. The fourth-order valence-electron chi connectivity index (χ4n) is 2.80. The van der Waals surface area contributed by atoms with E-state index in [1.807, 2.05) is 6.07 Å². The van der Waals surface area contributed by atoms with E-state index in [4.69, 9.17) is 0 Å². The highest BCUT2D eigenvalue weighted by Gasteiger charge is 2.13. The zero-order valence-corrected chi connectivity index (χ0v) is 13.0. The van der Waals surface area contributed by atoms with Gasteiger partial charge in [-0.3, -0.25) is 4.79 Å². The highest BCUT2D eigenvalue weighted by Crippen LogP contribution is 2.20. The number of halogens is 1. The second-order valence-corrected chi connectivity index (χ2v) is 5.74. The molecule has 0 radical (unpaired) electrons. The number of pyridine rings is 1. The van der Waals surface area contributed by atoms with Gasteiger partial charge >= 0.3 is 0 Å². The number of benzene rings is 1. The smallest absolute Gasteiger partial charge is 0.259 e. The number of carbonyl (C=O) groups excluding carboxylic acids is 1. The first-order valence-corrected chi connectivity index (χ1v) is 8.01. The minimum absolute atomic E-state index is 0.0193. The zero-order chi connectivity index (χ0) is 16.1. The molecule has 1 aliphatic rings. The summed E-state index contributed by atoms with van der Waals surface area (Å²) in [5, 5.41) is 2.63. The molecule has 120 valence electrons. The van der Waals surface area contributed by atoms with Crippen molar-refractivity contribution in [3.05, 3.63) is 54.0 Å². The van der Waals surface area contributed by atoms with Crippen LogP contribution in [0.3, 0.4) is 0 Å². The van der Waals surface area contributed by atoms with E-state index >= 15 is 0 Å². The summed E-state index contributed by atoms with van der Waals surface area (Å²) in [5.41, 5.74) is 1.08. The summed E-state index contributed by atoms with van der Waals surface area (Å²) in [5.74, 6) is -0.596. The third kappa shape index (κ3) is 3.86. The van der Waals surface area contributed by atoms with Crippen molar-refractivity contribution in [2.45, 2.75) is 25.7 Å². The highest BCUT2D eigenvalue weighted by atomic mass is 19.1. The molecule has 1 N–H and O–H groups in total. The summed E-state index contributed by atoms with van der Waals surface area (Å²) in [7, 11) is 0. The Morgan fingerprint density at radius 2 is 1.78 bits per heavy atom. The molecule has 0 bridgehead atoms. The number of carbonyl (C=O) groups is 1. The van der Waals surface area contributed by atoms with Gasteiger partial charge in [-0.25, -0.2) is 9.37 Å². The molecule has 2 aromatic rings. The van der Waals surface area contributed by atoms with E-state index in [9.17, 15) is 9.18 Å². The molecule has 5 heteroatoms. The number of hydrogen-bond acceptors (Lipinski definition) is 3. The second kappa shape index (κ2) is 7.22. The topological polar surface area (TPSA) is 45.2 Å². The van der Waals surface area contributed by atoms with Crippen molar-refractivity contribution in [1.29, 1.82) is 0 Å². The third-order valence-corrected chi connectivity index (χ3v) is 4.08. The second-order valence-electron chi connectivity index (χ2n) is 5.74. The summed E-state index contributed by atoms with van der Waals surface area (Å²) >= 11 is 0. The van der Waals surface area contributed by atoms with Gasteiger partial charge < -0.3 is 10.2 Å². The highest BCUT2D eigenvalue weighted by molar-refractivity contribution is 6.03. The predicted octanol–water partition coefficient (Wildman–Crippen LogP) is 3.85. The van der Waals surface area contributed by atoms with Crippen LogP contribution in [0.4, 0.5) is 15.9 Å². The van der Waals surface area contributed by atoms with Crippen LogP contribution in [0.25, 0.3) is 0 Å². The lowest BCUT2D eigenvalue weighted by Crippen LogP contribution is -2.24. The molecule has 4 nitrogen and oxygen atoms in total. The van der Waals surface area contributed by atoms with Gasteiger partial charge in [-0.2, -0.15) is 0 Å². The lowest BCUT2D eigenvalue weighted by atomic mass is 10.2. The molecule has 1 aliphatic heterocycles. The fraction of sp³-hybridized carbons (Fsp3) is 0.333. The van der Waals surface area contributed by atoms with Crippen LogP contribution in [0.5, 0.6) is 0 Å². The van der Waals surface area contributed by atoms with Crippen molar-refractivity contribution in [2.75, 3.05) is 23.3 Å². The fourth-order valence-corrected chi connectivity index (χ4v) is 2.80. The Labute approximate surface area is 135 Å². The third-order valence-electron chi connectivity index (χ3n) is 4.08. The maximum Gasteiger partial charge on any atom is 0.259 e. The molecule has 1 fully saturated rings. The van der Waals surface area contributed by atoms with E-state index in [1.54, 1.807) is 24.4 Å². The molecule has 1 amide bonds. The molecular weight excluding hydrogens is 293 g/mol. The molecule has 0 unspecified atom stereocenters. The number of nitrogens with zero attached hydrogens (tertiary/aromatic N) is 2. The Balaban J connectivity index is 1.67. The molecule has 0 saturated carbocycles. The predicted molar refractivity (Wildman–Crippen MR) is 89.3 cm³/mol. The van der Waals surface area contributed by atoms with Crippen LogP contribution in [0.2, 0.25) is 0 Å². The molecule has 3 rings (SSSR count). The number of rotatable bonds is 3. The Kier molecular flexibility index (Phi) is 4.86. The maximum absolute atomic E-state index is 13.6. The molecule has 0 atom stereocenters. The first kappa shape index (κ1) is 15.5. The van der Waals surface area contributed by atoms with Gasteiger partial charge in [-0.1, -0.05) is 25.0 Å². The van der Waals surface area contributed by atoms with Crippen LogP contribution in [-0.4, -0.2) is 24.0 Å². The number of aromatic nitrogens is 1. The molecule has 1 aromatic carbocycles. The van der Waals surface area contributed by atoms with Gasteiger partial charge in [0.15, 0.2) is 0 Å². The first-order valence-electron chi connectivity index (χ1n) is 8.01. The van der Waals surface area contributed by atoms with E-state index in [1.165, 1.54) is 37.8 Å². The van der Waals surface area contributed by atoms with E-state index in [-0.39, 0.29) is 5.56 Å². The lowest BCUT2D eigenvalue weighted by molar-refractivity contribution is 0.102. The average molecular weight is 313 g/mol. The van der Waals surface area contributed by atoms with E-state index in [0.717, 1.165) is 18.8 Å².